The second-order valence-corrected chi connectivity index (χ2v) is 16.5. The molecular formula is C42H56N4O6S2. The zero-order valence-electron chi connectivity index (χ0n) is 31.8. The first-order chi connectivity index (χ1) is 26.2. The number of carbonyl (C=O) groups is 4. The van der Waals surface area contributed by atoms with Crippen LogP contribution >= 0.6 is 23.1 Å². The number of unbranched alkanes of at least 4 members (excludes halogenated alkanes) is 1. The van der Waals surface area contributed by atoms with Crippen molar-refractivity contribution in [2.75, 3.05) is 39.0 Å². The number of benzene rings is 2. The molecule has 0 radical (unpaired) electrons. The number of thioether (sulfide) groups is 1. The summed E-state index contributed by atoms with van der Waals surface area (Å²) in [6.45, 7) is 8.35. The normalized spacial score (nSPS) is 14.8. The van der Waals surface area contributed by atoms with Gasteiger partial charge in [0.1, 0.15) is 11.4 Å². The van der Waals surface area contributed by atoms with Gasteiger partial charge < -0.3 is 20.0 Å². The average Bonchev–Trinajstić information content (AvgIpc) is 3.88. The third-order valence-electron chi connectivity index (χ3n) is 9.65. The topological polar surface area (TPSA) is 141 Å². The zero-order valence-corrected chi connectivity index (χ0v) is 33.4. The number of fused-ring (bicyclic) bond motifs is 1. The van der Waals surface area contributed by atoms with Gasteiger partial charge in [0.25, 0.3) is 5.91 Å². The van der Waals surface area contributed by atoms with Gasteiger partial charge in [-0.3, -0.25) is 24.4 Å². The monoisotopic (exact) mass is 776 g/mol. The van der Waals surface area contributed by atoms with E-state index >= 15 is 0 Å². The summed E-state index contributed by atoms with van der Waals surface area (Å²) in [6.07, 6.45) is 7.21. The van der Waals surface area contributed by atoms with Crippen molar-refractivity contribution in [2.24, 2.45) is 23.7 Å². The quantitative estimate of drug-likeness (QED) is 0.0330. The molecule has 4 aromatic rings. The minimum Gasteiger partial charge on any atom is -0.451 e. The summed E-state index contributed by atoms with van der Waals surface area (Å²) in [5, 5.41) is 17.9. The number of likely N-dealkylation sites (tertiary alicyclic amines) is 1. The molecule has 4 N–H and O–H groups in total. The molecule has 12 heteroatoms. The Morgan fingerprint density at radius 3 is 2.31 bits per heavy atom. The van der Waals surface area contributed by atoms with Gasteiger partial charge >= 0.3 is 0 Å². The Kier molecular flexibility index (Phi) is 18.3. The van der Waals surface area contributed by atoms with Gasteiger partial charge in [-0.15, -0.1) is 23.1 Å². The van der Waals surface area contributed by atoms with Crippen molar-refractivity contribution < 1.29 is 28.8 Å². The first-order valence-electron chi connectivity index (χ1n) is 19.1. The molecule has 1 fully saturated rings. The van der Waals surface area contributed by atoms with E-state index in [0.29, 0.717) is 30.9 Å². The highest BCUT2D eigenvalue weighted by Gasteiger charge is 2.36. The summed E-state index contributed by atoms with van der Waals surface area (Å²) in [5.41, 5.74) is 3.49. The van der Waals surface area contributed by atoms with Crippen LogP contribution in [-0.4, -0.2) is 72.6 Å². The average molecular weight is 777 g/mol. The molecular weight excluding hydrogens is 721 g/mol. The molecule has 292 valence electrons. The highest BCUT2D eigenvalue weighted by molar-refractivity contribution is 8.01. The molecule has 3 atom stereocenters. The van der Waals surface area contributed by atoms with Crippen molar-refractivity contribution in [3.8, 4) is 0 Å². The number of nitrogens with one attached hydrogen (secondary N) is 3. The lowest BCUT2D eigenvalue weighted by Gasteiger charge is -2.27. The number of Topliss-reactive ketones (excluding diaryl/α,β-unsaturated/α-hetero) is 1. The van der Waals surface area contributed by atoms with E-state index < -0.39 is 23.7 Å². The Morgan fingerprint density at radius 1 is 0.907 bits per heavy atom. The van der Waals surface area contributed by atoms with E-state index in [4.69, 9.17) is 4.42 Å². The Bertz CT molecular complexity index is 1690. The van der Waals surface area contributed by atoms with Gasteiger partial charge in [-0.2, -0.15) is 0 Å². The van der Waals surface area contributed by atoms with Crippen LogP contribution in [0.15, 0.2) is 86.8 Å². The predicted molar refractivity (Wildman–Crippen MR) is 217 cm³/mol. The van der Waals surface area contributed by atoms with Gasteiger partial charge in [-0.25, -0.2) is 5.48 Å². The molecule has 0 unspecified atom stereocenters. The number of para-hydroxylation sites is 1. The van der Waals surface area contributed by atoms with Crippen LogP contribution in [0.25, 0.3) is 11.0 Å². The van der Waals surface area contributed by atoms with Crippen LogP contribution in [0.4, 0.5) is 0 Å². The molecule has 0 aliphatic carbocycles. The van der Waals surface area contributed by atoms with Crippen molar-refractivity contribution in [1.82, 2.24) is 21.0 Å². The number of piperidine rings is 1. The van der Waals surface area contributed by atoms with E-state index in [1.165, 1.54) is 44.1 Å². The molecule has 1 aliphatic heterocycles. The lowest BCUT2D eigenvalue weighted by Crippen LogP contribution is -2.40. The molecule has 2 aromatic heterocycles. The minimum absolute atomic E-state index is 0.0465. The lowest BCUT2D eigenvalue weighted by molar-refractivity contribution is -0.140. The second-order valence-electron chi connectivity index (χ2n) is 14.2. The maximum Gasteiger partial charge on any atom is 0.287 e. The zero-order chi connectivity index (χ0) is 38.7. The SMILES string of the molecule is CNC(=O)[C@@H](CC(=O)[C@H](CC(C)C)[C@H](CSc1cccs1)C(=O)NO)Cc1ccccc1.O=C(NCCCCN1CCCCC1)c1cc2ccccc2o1. The Hall–Kier alpha value is -3.97. The van der Waals surface area contributed by atoms with Crippen LogP contribution in [0.2, 0.25) is 0 Å². The molecule has 1 saturated heterocycles. The molecule has 1 aliphatic rings. The second kappa shape index (κ2) is 23.1. The van der Waals surface area contributed by atoms with E-state index in [2.05, 4.69) is 15.5 Å². The van der Waals surface area contributed by atoms with Crippen LogP contribution in [0, 0.1) is 23.7 Å². The van der Waals surface area contributed by atoms with Crippen molar-refractivity contribution in [1.29, 1.82) is 0 Å². The number of hydrogen-bond donors (Lipinski definition) is 4. The Labute approximate surface area is 327 Å². The van der Waals surface area contributed by atoms with E-state index in [-0.39, 0.29) is 29.9 Å². The fraction of sp³-hybridized carbons (Fsp3) is 0.476. The first-order valence-corrected chi connectivity index (χ1v) is 20.9. The van der Waals surface area contributed by atoms with Crippen LogP contribution < -0.4 is 16.1 Å². The standard InChI is InChI=1S/C24H32N2O4S2.C18H24N2O2/c1-16(2)12-19(20(24(29)26-30)15-32-22-10-7-11-31-22)21(27)14-18(23(28)25-3)13-17-8-5-4-6-9-17;21-18(17-14-15-8-2-3-9-16(15)22-17)19-10-4-7-13-20-11-5-1-6-12-20/h4-11,16,18-20,30H,12-15H2,1-3H3,(H,25,28)(H,26,29);2-3,8-9,14H,1,4-7,10-13H2,(H,19,21)/t18-,19-,20+;/m1./s1. The fourth-order valence-electron chi connectivity index (χ4n) is 6.78. The summed E-state index contributed by atoms with van der Waals surface area (Å²) < 4.78 is 6.61. The van der Waals surface area contributed by atoms with Gasteiger partial charge in [0, 0.05) is 43.0 Å². The summed E-state index contributed by atoms with van der Waals surface area (Å²) >= 11 is 3.07. The molecule has 0 spiro atoms. The number of rotatable bonds is 19. The predicted octanol–water partition coefficient (Wildman–Crippen LogP) is 7.62. The number of nitrogens with zero attached hydrogens (tertiary/aromatic N) is 1. The molecule has 3 heterocycles. The number of hydrogen-bond acceptors (Lipinski definition) is 9. The lowest BCUT2D eigenvalue weighted by atomic mass is 9.79. The highest BCUT2D eigenvalue weighted by atomic mass is 32.2. The number of furan rings is 1. The summed E-state index contributed by atoms with van der Waals surface area (Å²) in [5.74, 6) is -1.84. The smallest absolute Gasteiger partial charge is 0.287 e. The highest BCUT2D eigenvalue weighted by Crippen LogP contribution is 2.32. The Balaban J connectivity index is 0.000000256. The maximum atomic E-state index is 13.5. The maximum absolute atomic E-state index is 13.5. The number of thiophene rings is 1. The van der Waals surface area contributed by atoms with Crippen molar-refractivity contribution in [3.63, 3.8) is 0 Å². The first kappa shape index (κ1) is 42.8. The summed E-state index contributed by atoms with van der Waals surface area (Å²) in [4.78, 5) is 53.2. The third kappa shape index (κ3) is 14.0. The number of hydroxylamine groups is 1. The van der Waals surface area contributed by atoms with E-state index in [1.807, 2.05) is 86.0 Å². The van der Waals surface area contributed by atoms with E-state index in [9.17, 15) is 24.4 Å². The van der Waals surface area contributed by atoms with Gasteiger partial charge in [0.05, 0.1) is 10.1 Å². The number of amides is 3. The molecule has 0 bridgehead atoms. The Morgan fingerprint density at radius 2 is 1.65 bits per heavy atom. The van der Waals surface area contributed by atoms with Crippen molar-refractivity contribution in [3.05, 3.63) is 89.5 Å². The molecule has 5 rings (SSSR count). The van der Waals surface area contributed by atoms with Crippen LogP contribution in [0.1, 0.15) is 74.9 Å². The minimum atomic E-state index is -0.691. The van der Waals surface area contributed by atoms with Gasteiger partial charge in [0.2, 0.25) is 11.8 Å². The molecule has 54 heavy (non-hydrogen) atoms. The molecule has 10 nitrogen and oxygen atoms in total. The van der Waals surface area contributed by atoms with Crippen molar-refractivity contribution in [2.45, 2.75) is 69.4 Å². The van der Waals surface area contributed by atoms with Gasteiger partial charge in [-0.05, 0) is 93.2 Å². The fourth-order valence-corrected chi connectivity index (χ4v) is 8.78. The van der Waals surface area contributed by atoms with Crippen LogP contribution in [0.3, 0.4) is 0 Å². The third-order valence-corrected chi connectivity index (χ3v) is 11.9. The van der Waals surface area contributed by atoms with Crippen molar-refractivity contribution >= 4 is 57.6 Å². The largest absolute Gasteiger partial charge is 0.451 e. The summed E-state index contributed by atoms with van der Waals surface area (Å²) in [7, 11) is 1.57. The number of carbonyl (C=O) groups excluding carboxylic acids is 4. The van der Waals surface area contributed by atoms with E-state index in [0.717, 1.165) is 40.1 Å². The molecule has 3 amide bonds. The van der Waals surface area contributed by atoms with Gasteiger partial charge in [-0.1, -0.05) is 74.9 Å². The van der Waals surface area contributed by atoms with Crippen LogP contribution in [-0.2, 0) is 20.8 Å². The van der Waals surface area contributed by atoms with E-state index in [1.54, 1.807) is 29.9 Å². The van der Waals surface area contributed by atoms with Gasteiger partial charge in [0.15, 0.2) is 5.76 Å². The van der Waals surface area contributed by atoms with Crippen LogP contribution in [0.5, 0.6) is 0 Å². The molecule has 0 saturated carbocycles. The number of ketones is 1. The summed E-state index contributed by atoms with van der Waals surface area (Å²) in [6, 6.07) is 23.0. The molecule has 2 aromatic carbocycles.